The van der Waals surface area contributed by atoms with Gasteiger partial charge < -0.3 is 16.0 Å². The zero-order valence-corrected chi connectivity index (χ0v) is 15.3. The van der Waals surface area contributed by atoms with Crippen molar-refractivity contribution >= 4 is 23.5 Å². The SMILES string of the molecule is CCNC(=O)C(C)(C)CNC(=NC)NC(C)c1ccc(Cl)cc1. The number of carbonyl (C=O) groups excluding carboxylic acids is 1. The van der Waals surface area contributed by atoms with Crippen LogP contribution in [-0.4, -0.2) is 32.0 Å². The second-order valence-electron chi connectivity index (χ2n) is 6.09. The lowest BCUT2D eigenvalue weighted by Gasteiger charge is -2.26. The highest BCUT2D eigenvalue weighted by Crippen LogP contribution is 2.16. The molecule has 0 fully saturated rings. The third-order valence-electron chi connectivity index (χ3n) is 3.60. The van der Waals surface area contributed by atoms with Crippen LogP contribution in [0.5, 0.6) is 0 Å². The van der Waals surface area contributed by atoms with Crippen LogP contribution in [0.25, 0.3) is 0 Å². The highest BCUT2D eigenvalue weighted by molar-refractivity contribution is 6.30. The fraction of sp³-hybridized carbons (Fsp3) is 0.529. The molecule has 1 aromatic carbocycles. The summed E-state index contributed by atoms with van der Waals surface area (Å²) in [5.74, 6) is 0.679. The van der Waals surface area contributed by atoms with Crippen molar-refractivity contribution in [2.75, 3.05) is 20.1 Å². The minimum atomic E-state index is -0.517. The van der Waals surface area contributed by atoms with E-state index in [0.29, 0.717) is 24.1 Å². The summed E-state index contributed by atoms with van der Waals surface area (Å²) in [6.07, 6.45) is 0. The van der Waals surface area contributed by atoms with Crippen LogP contribution in [-0.2, 0) is 4.79 Å². The molecule has 0 aliphatic carbocycles. The number of aliphatic imine (C=N–C) groups is 1. The summed E-state index contributed by atoms with van der Waals surface area (Å²) in [6, 6.07) is 7.76. The fourth-order valence-corrected chi connectivity index (χ4v) is 2.15. The molecule has 0 bridgehead atoms. The molecule has 1 unspecified atom stereocenters. The van der Waals surface area contributed by atoms with Gasteiger partial charge in [0, 0.05) is 25.2 Å². The number of amides is 1. The number of hydrogen-bond donors (Lipinski definition) is 3. The van der Waals surface area contributed by atoms with Gasteiger partial charge in [-0.3, -0.25) is 9.79 Å². The molecule has 6 heteroatoms. The molecule has 0 aliphatic heterocycles. The molecule has 0 heterocycles. The summed E-state index contributed by atoms with van der Waals surface area (Å²) in [5.41, 5.74) is 0.595. The van der Waals surface area contributed by atoms with E-state index in [1.165, 1.54) is 0 Å². The van der Waals surface area contributed by atoms with Crippen molar-refractivity contribution in [1.82, 2.24) is 16.0 Å². The van der Waals surface area contributed by atoms with E-state index in [-0.39, 0.29) is 11.9 Å². The number of nitrogens with one attached hydrogen (secondary N) is 3. The largest absolute Gasteiger partial charge is 0.356 e. The van der Waals surface area contributed by atoms with Gasteiger partial charge in [0.1, 0.15) is 0 Å². The lowest BCUT2D eigenvalue weighted by Crippen LogP contribution is -2.48. The Morgan fingerprint density at radius 3 is 2.39 bits per heavy atom. The van der Waals surface area contributed by atoms with Gasteiger partial charge in [0.05, 0.1) is 11.5 Å². The molecule has 5 nitrogen and oxygen atoms in total. The van der Waals surface area contributed by atoms with Crippen LogP contribution in [0.1, 0.15) is 39.3 Å². The molecule has 3 N–H and O–H groups in total. The van der Waals surface area contributed by atoms with E-state index in [4.69, 9.17) is 11.6 Å². The Bertz CT molecular complexity index is 540. The third kappa shape index (κ3) is 6.10. The van der Waals surface area contributed by atoms with E-state index < -0.39 is 5.41 Å². The van der Waals surface area contributed by atoms with Crippen molar-refractivity contribution < 1.29 is 4.79 Å². The Labute approximate surface area is 143 Å². The quantitative estimate of drug-likeness (QED) is 0.552. The maximum absolute atomic E-state index is 12.0. The summed E-state index contributed by atoms with van der Waals surface area (Å²) in [5, 5.41) is 10.1. The van der Waals surface area contributed by atoms with Crippen molar-refractivity contribution in [3.05, 3.63) is 34.9 Å². The molecule has 0 saturated carbocycles. The Morgan fingerprint density at radius 1 is 1.26 bits per heavy atom. The van der Waals surface area contributed by atoms with E-state index in [1.54, 1.807) is 7.05 Å². The number of carbonyl (C=O) groups is 1. The number of nitrogens with zero attached hydrogens (tertiary/aromatic N) is 1. The molecule has 1 aromatic rings. The van der Waals surface area contributed by atoms with Gasteiger partial charge >= 0.3 is 0 Å². The molecule has 0 aromatic heterocycles. The molecule has 0 radical (unpaired) electrons. The van der Waals surface area contributed by atoms with Crippen LogP contribution in [0, 0.1) is 5.41 Å². The molecule has 1 amide bonds. The van der Waals surface area contributed by atoms with Crippen molar-refractivity contribution in [3.63, 3.8) is 0 Å². The third-order valence-corrected chi connectivity index (χ3v) is 3.85. The van der Waals surface area contributed by atoms with Crippen LogP contribution in [0.15, 0.2) is 29.3 Å². The van der Waals surface area contributed by atoms with E-state index >= 15 is 0 Å². The van der Waals surface area contributed by atoms with Crippen molar-refractivity contribution in [2.24, 2.45) is 10.4 Å². The van der Waals surface area contributed by atoms with Crippen LogP contribution in [0.3, 0.4) is 0 Å². The van der Waals surface area contributed by atoms with Gasteiger partial charge in [-0.25, -0.2) is 0 Å². The summed E-state index contributed by atoms with van der Waals surface area (Å²) >= 11 is 5.91. The smallest absolute Gasteiger partial charge is 0.227 e. The first kappa shape index (κ1) is 19.3. The Hall–Kier alpha value is -1.75. The average Bonchev–Trinajstić information content (AvgIpc) is 2.52. The van der Waals surface area contributed by atoms with Gasteiger partial charge in [-0.05, 0) is 45.4 Å². The summed E-state index contributed by atoms with van der Waals surface area (Å²) < 4.78 is 0. The first-order chi connectivity index (χ1) is 10.8. The van der Waals surface area contributed by atoms with E-state index in [2.05, 4.69) is 20.9 Å². The van der Waals surface area contributed by atoms with Gasteiger partial charge in [0.15, 0.2) is 5.96 Å². The van der Waals surface area contributed by atoms with Crippen LogP contribution < -0.4 is 16.0 Å². The Kier molecular flexibility index (Phi) is 7.36. The molecule has 1 rings (SSSR count). The standard InChI is InChI=1S/C17H27ClN4O/c1-6-20-15(23)17(3,4)11-21-16(19-5)22-12(2)13-7-9-14(18)10-8-13/h7-10,12H,6,11H2,1-5H3,(H,20,23)(H2,19,21,22). The van der Waals surface area contributed by atoms with Gasteiger partial charge in [-0.1, -0.05) is 23.7 Å². The second-order valence-corrected chi connectivity index (χ2v) is 6.52. The van der Waals surface area contributed by atoms with Crippen LogP contribution in [0.4, 0.5) is 0 Å². The number of benzene rings is 1. The van der Waals surface area contributed by atoms with Gasteiger partial charge in [-0.2, -0.15) is 0 Å². The number of guanidine groups is 1. The van der Waals surface area contributed by atoms with Crippen molar-refractivity contribution in [1.29, 1.82) is 0 Å². The summed E-state index contributed by atoms with van der Waals surface area (Å²) in [7, 11) is 1.71. The molecule has 128 valence electrons. The maximum Gasteiger partial charge on any atom is 0.227 e. The zero-order valence-electron chi connectivity index (χ0n) is 14.5. The van der Waals surface area contributed by atoms with E-state index in [1.807, 2.05) is 52.0 Å². The molecule has 0 spiro atoms. The molecule has 23 heavy (non-hydrogen) atoms. The predicted molar refractivity (Wildman–Crippen MR) is 96.8 cm³/mol. The number of halogens is 1. The Morgan fingerprint density at radius 2 is 1.87 bits per heavy atom. The van der Waals surface area contributed by atoms with Gasteiger partial charge in [0.25, 0.3) is 0 Å². The Balaban J connectivity index is 2.61. The van der Waals surface area contributed by atoms with E-state index in [0.717, 1.165) is 5.56 Å². The first-order valence-corrected chi connectivity index (χ1v) is 8.19. The molecular formula is C17H27ClN4O. The molecular weight excluding hydrogens is 312 g/mol. The minimum absolute atomic E-state index is 0.0219. The highest BCUT2D eigenvalue weighted by atomic mass is 35.5. The van der Waals surface area contributed by atoms with Gasteiger partial charge in [-0.15, -0.1) is 0 Å². The van der Waals surface area contributed by atoms with E-state index in [9.17, 15) is 4.79 Å². The second kappa shape index (κ2) is 8.77. The van der Waals surface area contributed by atoms with Crippen LogP contribution >= 0.6 is 11.6 Å². The fourth-order valence-electron chi connectivity index (χ4n) is 2.02. The van der Waals surface area contributed by atoms with Gasteiger partial charge in [0.2, 0.25) is 5.91 Å². The number of rotatable bonds is 6. The zero-order chi connectivity index (χ0) is 17.5. The topological polar surface area (TPSA) is 65.5 Å². The lowest BCUT2D eigenvalue weighted by atomic mass is 9.92. The summed E-state index contributed by atoms with van der Waals surface area (Å²) in [4.78, 5) is 16.2. The average molecular weight is 339 g/mol. The monoisotopic (exact) mass is 338 g/mol. The molecule has 1 atom stereocenters. The van der Waals surface area contributed by atoms with Crippen molar-refractivity contribution in [2.45, 2.75) is 33.7 Å². The molecule has 0 aliphatic rings. The maximum atomic E-state index is 12.0. The highest BCUT2D eigenvalue weighted by Gasteiger charge is 2.27. The van der Waals surface area contributed by atoms with Crippen LogP contribution in [0.2, 0.25) is 5.02 Å². The minimum Gasteiger partial charge on any atom is -0.356 e. The van der Waals surface area contributed by atoms with Crippen molar-refractivity contribution in [3.8, 4) is 0 Å². The molecule has 0 saturated heterocycles. The lowest BCUT2D eigenvalue weighted by molar-refractivity contribution is -0.128. The first-order valence-electron chi connectivity index (χ1n) is 7.81. The predicted octanol–water partition coefficient (Wildman–Crippen LogP) is 2.73. The summed E-state index contributed by atoms with van der Waals surface area (Å²) in [6.45, 7) is 8.89. The number of hydrogen-bond acceptors (Lipinski definition) is 2. The normalized spacial score (nSPS) is 13.4.